The van der Waals surface area contributed by atoms with E-state index in [1.54, 1.807) is 10.9 Å². The minimum atomic E-state index is 0. The van der Waals surface area contributed by atoms with Gasteiger partial charge in [-0.05, 0) is 43.2 Å². The van der Waals surface area contributed by atoms with Crippen LogP contribution in [0.5, 0.6) is 0 Å². The second-order valence-electron chi connectivity index (χ2n) is 5.03. The smallest absolute Gasteiger partial charge is 0.254 e. The number of carbonyl (C=O) groups is 1. The molecular weight excluding hydrogens is 288 g/mol. The van der Waals surface area contributed by atoms with E-state index in [1.165, 1.54) is 0 Å². The Labute approximate surface area is 130 Å². The Balaban J connectivity index is 0.00000161. The lowest BCUT2D eigenvalue weighted by atomic mass is 10.1. The molecule has 1 saturated heterocycles. The van der Waals surface area contributed by atoms with Crippen molar-refractivity contribution in [2.24, 2.45) is 5.73 Å². The third-order valence-corrected chi connectivity index (χ3v) is 3.79. The molecule has 0 saturated carbocycles. The van der Waals surface area contributed by atoms with Crippen LogP contribution in [0.25, 0.3) is 5.69 Å². The van der Waals surface area contributed by atoms with E-state index in [0.29, 0.717) is 12.1 Å². The van der Waals surface area contributed by atoms with Gasteiger partial charge < -0.3 is 10.6 Å². The predicted molar refractivity (Wildman–Crippen MR) is 83.9 cm³/mol. The van der Waals surface area contributed by atoms with E-state index in [2.05, 4.69) is 5.10 Å². The number of nitrogens with two attached hydrogens (primary N) is 1. The summed E-state index contributed by atoms with van der Waals surface area (Å²) in [5.41, 5.74) is 7.38. The van der Waals surface area contributed by atoms with Crippen LogP contribution in [0.1, 0.15) is 23.2 Å². The van der Waals surface area contributed by atoms with Crippen LogP contribution in [0.2, 0.25) is 0 Å². The largest absolute Gasteiger partial charge is 0.334 e. The van der Waals surface area contributed by atoms with Crippen molar-refractivity contribution in [2.75, 3.05) is 13.1 Å². The zero-order chi connectivity index (χ0) is 13.9. The van der Waals surface area contributed by atoms with Crippen molar-refractivity contribution in [1.29, 1.82) is 0 Å². The number of carbonyl (C=O) groups excluding carboxylic acids is 1. The Bertz CT molecular complexity index is 582. The van der Waals surface area contributed by atoms with Gasteiger partial charge in [-0.2, -0.15) is 5.10 Å². The fourth-order valence-electron chi connectivity index (χ4n) is 2.69. The molecule has 1 aromatic carbocycles. The van der Waals surface area contributed by atoms with Crippen molar-refractivity contribution in [1.82, 2.24) is 14.7 Å². The number of hydrogen-bond acceptors (Lipinski definition) is 3. The van der Waals surface area contributed by atoms with Gasteiger partial charge in [-0.25, -0.2) is 4.68 Å². The van der Waals surface area contributed by atoms with Crippen LogP contribution in [0, 0.1) is 0 Å². The molecule has 0 bridgehead atoms. The van der Waals surface area contributed by atoms with E-state index >= 15 is 0 Å². The molecule has 112 valence electrons. The molecule has 21 heavy (non-hydrogen) atoms. The van der Waals surface area contributed by atoms with Gasteiger partial charge in [0.05, 0.1) is 5.69 Å². The van der Waals surface area contributed by atoms with Gasteiger partial charge in [0.2, 0.25) is 0 Å². The molecule has 6 heteroatoms. The average Bonchev–Trinajstić information content (AvgIpc) is 3.17. The Morgan fingerprint density at radius 2 is 2.10 bits per heavy atom. The Hall–Kier alpha value is -1.85. The zero-order valence-electron chi connectivity index (χ0n) is 11.7. The first-order valence-electron chi connectivity index (χ1n) is 6.90. The van der Waals surface area contributed by atoms with Crippen LogP contribution in [0.15, 0.2) is 42.7 Å². The summed E-state index contributed by atoms with van der Waals surface area (Å²) in [6.07, 6.45) is 5.66. The van der Waals surface area contributed by atoms with Crippen molar-refractivity contribution in [3.05, 3.63) is 48.3 Å². The normalized spacial score (nSPS) is 17.6. The molecule has 1 atom stereocenters. The Kier molecular flexibility index (Phi) is 4.98. The lowest BCUT2D eigenvalue weighted by Crippen LogP contribution is -2.39. The quantitative estimate of drug-likeness (QED) is 0.941. The van der Waals surface area contributed by atoms with E-state index in [9.17, 15) is 4.79 Å². The van der Waals surface area contributed by atoms with Gasteiger partial charge >= 0.3 is 0 Å². The van der Waals surface area contributed by atoms with E-state index in [0.717, 1.165) is 25.1 Å². The van der Waals surface area contributed by atoms with Gasteiger partial charge in [-0.1, -0.05) is 0 Å². The highest BCUT2D eigenvalue weighted by atomic mass is 35.5. The summed E-state index contributed by atoms with van der Waals surface area (Å²) in [5.74, 6) is 0.0740. The molecule has 1 fully saturated rings. The topological polar surface area (TPSA) is 64.2 Å². The minimum absolute atomic E-state index is 0. The number of aromatic nitrogens is 2. The minimum Gasteiger partial charge on any atom is -0.334 e. The van der Waals surface area contributed by atoms with E-state index in [-0.39, 0.29) is 24.4 Å². The van der Waals surface area contributed by atoms with Crippen LogP contribution in [0.4, 0.5) is 0 Å². The summed E-state index contributed by atoms with van der Waals surface area (Å²) in [7, 11) is 0. The van der Waals surface area contributed by atoms with Gasteiger partial charge in [-0.15, -0.1) is 12.4 Å². The van der Waals surface area contributed by atoms with Gasteiger partial charge in [0, 0.05) is 37.1 Å². The number of hydrogen-bond donors (Lipinski definition) is 1. The highest BCUT2D eigenvalue weighted by Crippen LogP contribution is 2.20. The van der Waals surface area contributed by atoms with Crippen molar-refractivity contribution in [3.8, 4) is 5.69 Å². The SMILES string of the molecule is Cl.NCC1CCCN1C(=O)c1ccc(-n2cccn2)cc1. The van der Waals surface area contributed by atoms with E-state index < -0.39 is 0 Å². The number of halogens is 1. The number of nitrogens with zero attached hydrogens (tertiary/aromatic N) is 3. The summed E-state index contributed by atoms with van der Waals surface area (Å²) < 4.78 is 1.77. The molecule has 1 aliphatic rings. The molecule has 1 unspecified atom stereocenters. The molecule has 3 rings (SSSR count). The standard InChI is InChI=1S/C15H18N4O.ClH/c16-11-14-3-1-9-18(14)15(20)12-4-6-13(7-5-12)19-10-2-8-17-19;/h2,4-8,10,14H,1,3,9,11,16H2;1H. The maximum Gasteiger partial charge on any atom is 0.254 e. The van der Waals surface area contributed by atoms with Crippen molar-refractivity contribution < 1.29 is 4.79 Å². The highest BCUT2D eigenvalue weighted by molar-refractivity contribution is 5.94. The molecule has 2 aromatic rings. The molecule has 2 heterocycles. The zero-order valence-corrected chi connectivity index (χ0v) is 12.5. The molecule has 0 spiro atoms. The van der Waals surface area contributed by atoms with Crippen LogP contribution in [-0.2, 0) is 0 Å². The molecule has 0 radical (unpaired) electrons. The van der Waals surface area contributed by atoms with Gasteiger partial charge in [0.15, 0.2) is 0 Å². The third-order valence-electron chi connectivity index (χ3n) is 3.79. The Morgan fingerprint density at radius 1 is 1.33 bits per heavy atom. The van der Waals surface area contributed by atoms with Crippen LogP contribution in [-0.4, -0.2) is 39.7 Å². The lowest BCUT2D eigenvalue weighted by molar-refractivity contribution is 0.0741. The molecule has 1 aliphatic heterocycles. The van der Waals surface area contributed by atoms with Crippen LogP contribution in [0.3, 0.4) is 0 Å². The molecule has 2 N–H and O–H groups in total. The predicted octanol–water partition coefficient (Wildman–Crippen LogP) is 1.86. The number of likely N-dealkylation sites (tertiary alicyclic amines) is 1. The number of amides is 1. The fourth-order valence-corrected chi connectivity index (χ4v) is 2.69. The molecule has 1 aromatic heterocycles. The number of rotatable bonds is 3. The maximum atomic E-state index is 12.5. The second kappa shape index (κ2) is 6.74. The van der Waals surface area contributed by atoms with Crippen molar-refractivity contribution in [3.63, 3.8) is 0 Å². The third kappa shape index (κ3) is 3.09. The summed E-state index contributed by atoms with van der Waals surface area (Å²) in [6.45, 7) is 1.35. The first kappa shape index (κ1) is 15.5. The van der Waals surface area contributed by atoms with Crippen molar-refractivity contribution >= 4 is 18.3 Å². The Morgan fingerprint density at radius 3 is 2.71 bits per heavy atom. The monoisotopic (exact) mass is 306 g/mol. The van der Waals surface area contributed by atoms with E-state index in [1.807, 2.05) is 41.4 Å². The van der Waals surface area contributed by atoms with E-state index in [4.69, 9.17) is 5.73 Å². The number of benzene rings is 1. The first-order valence-corrected chi connectivity index (χ1v) is 6.90. The fraction of sp³-hybridized carbons (Fsp3) is 0.333. The van der Waals surface area contributed by atoms with Crippen molar-refractivity contribution in [2.45, 2.75) is 18.9 Å². The molecule has 0 aliphatic carbocycles. The maximum absolute atomic E-state index is 12.5. The first-order chi connectivity index (χ1) is 9.79. The van der Waals surface area contributed by atoms with Gasteiger partial charge in [-0.3, -0.25) is 4.79 Å². The summed E-state index contributed by atoms with van der Waals surface area (Å²) in [5, 5.41) is 4.17. The lowest BCUT2D eigenvalue weighted by Gasteiger charge is -2.23. The summed E-state index contributed by atoms with van der Waals surface area (Å²) >= 11 is 0. The van der Waals surface area contributed by atoms with Gasteiger partial charge in [0.1, 0.15) is 0 Å². The molecular formula is C15H19ClN4O. The summed E-state index contributed by atoms with van der Waals surface area (Å²) in [4.78, 5) is 14.4. The molecule has 5 nitrogen and oxygen atoms in total. The average molecular weight is 307 g/mol. The second-order valence-corrected chi connectivity index (χ2v) is 5.03. The van der Waals surface area contributed by atoms with Crippen LogP contribution >= 0.6 is 12.4 Å². The summed E-state index contributed by atoms with van der Waals surface area (Å²) in [6, 6.07) is 9.58. The van der Waals surface area contributed by atoms with Crippen LogP contribution < -0.4 is 5.73 Å². The van der Waals surface area contributed by atoms with Gasteiger partial charge in [0.25, 0.3) is 5.91 Å². The molecule has 1 amide bonds. The highest BCUT2D eigenvalue weighted by Gasteiger charge is 2.28.